The summed E-state index contributed by atoms with van der Waals surface area (Å²) in [4.78, 5) is 34.1. The van der Waals surface area contributed by atoms with E-state index in [1.165, 1.54) is 0 Å². The standard InChI is InChI=1S/C13H15ClN4O3/c1-8-6-9(14)16-10(15-8)7-18-11(19)13(17-12(18)20)2-4-21-5-3-13/h6H,2-5,7H2,1H3,(H,17,20). The van der Waals surface area contributed by atoms with Crippen molar-refractivity contribution in [1.82, 2.24) is 20.2 Å². The minimum atomic E-state index is -0.830. The number of amides is 3. The number of halogens is 1. The summed E-state index contributed by atoms with van der Waals surface area (Å²) in [5, 5.41) is 3.08. The summed E-state index contributed by atoms with van der Waals surface area (Å²) in [6.45, 7) is 2.73. The lowest BCUT2D eigenvalue weighted by atomic mass is 9.90. The minimum absolute atomic E-state index is 0.0225. The van der Waals surface area contributed by atoms with Gasteiger partial charge in [-0.05, 0) is 13.0 Å². The van der Waals surface area contributed by atoms with Crippen LogP contribution in [0.4, 0.5) is 4.79 Å². The molecule has 7 nitrogen and oxygen atoms in total. The van der Waals surface area contributed by atoms with Crippen LogP contribution in [-0.4, -0.2) is 45.6 Å². The number of hydrogen-bond acceptors (Lipinski definition) is 5. The maximum absolute atomic E-state index is 12.6. The molecule has 2 fully saturated rings. The molecule has 8 heteroatoms. The van der Waals surface area contributed by atoms with Gasteiger partial charge in [0.25, 0.3) is 5.91 Å². The zero-order valence-electron chi connectivity index (χ0n) is 11.6. The van der Waals surface area contributed by atoms with Crippen LogP contribution in [-0.2, 0) is 16.1 Å². The second-order valence-electron chi connectivity index (χ2n) is 5.26. The number of nitrogens with zero attached hydrogens (tertiary/aromatic N) is 3. The molecule has 2 aliphatic heterocycles. The van der Waals surface area contributed by atoms with Gasteiger partial charge >= 0.3 is 6.03 Å². The van der Waals surface area contributed by atoms with Crippen LogP contribution in [0.3, 0.4) is 0 Å². The van der Waals surface area contributed by atoms with E-state index in [9.17, 15) is 9.59 Å². The van der Waals surface area contributed by atoms with Crippen molar-refractivity contribution in [1.29, 1.82) is 0 Å². The van der Waals surface area contributed by atoms with E-state index in [0.29, 0.717) is 42.7 Å². The number of urea groups is 1. The van der Waals surface area contributed by atoms with Crippen molar-refractivity contribution in [3.63, 3.8) is 0 Å². The summed E-state index contributed by atoms with van der Waals surface area (Å²) in [7, 11) is 0. The summed E-state index contributed by atoms with van der Waals surface area (Å²) in [5.41, 5.74) is -0.138. The molecule has 1 N–H and O–H groups in total. The molecule has 0 atom stereocenters. The smallest absolute Gasteiger partial charge is 0.325 e. The molecule has 1 aromatic rings. The number of nitrogens with one attached hydrogen (secondary N) is 1. The number of imide groups is 1. The van der Waals surface area contributed by atoms with E-state index in [0.717, 1.165) is 4.90 Å². The van der Waals surface area contributed by atoms with E-state index in [4.69, 9.17) is 16.3 Å². The van der Waals surface area contributed by atoms with Gasteiger partial charge in [0, 0.05) is 31.7 Å². The van der Waals surface area contributed by atoms with Crippen LogP contribution in [0.1, 0.15) is 24.4 Å². The highest BCUT2D eigenvalue weighted by molar-refractivity contribution is 6.29. The maximum Gasteiger partial charge on any atom is 0.325 e. The molecule has 0 aromatic carbocycles. The molecule has 2 saturated heterocycles. The highest BCUT2D eigenvalue weighted by Crippen LogP contribution is 2.29. The van der Waals surface area contributed by atoms with Crippen molar-refractivity contribution in [2.75, 3.05) is 13.2 Å². The molecule has 0 saturated carbocycles. The van der Waals surface area contributed by atoms with Gasteiger partial charge in [-0.25, -0.2) is 14.8 Å². The third kappa shape index (κ3) is 2.58. The first-order chi connectivity index (χ1) is 10.00. The van der Waals surface area contributed by atoms with E-state index in [2.05, 4.69) is 15.3 Å². The van der Waals surface area contributed by atoms with Gasteiger partial charge in [-0.2, -0.15) is 0 Å². The number of rotatable bonds is 2. The highest BCUT2D eigenvalue weighted by Gasteiger charge is 2.51. The van der Waals surface area contributed by atoms with Crippen molar-refractivity contribution in [2.45, 2.75) is 31.8 Å². The third-order valence-corrected chi connectivity index (χ3v) is 3.95. The van der Waals surface area contributed by atoms with Crippen molar-refractivity contribution in [2.24, 2.45) is 0 Å². The monoisotopic (exact) mass is 310 g/mol. The molecule has 21 heavy (non-hydrogen) atoms. The molecule has 3 amide bonds. The second kappa shape index (κ2) is 5.23. The van der Waals surface area contributed by atoms with E-state index in [-0.39, 0.29) is 12.5 Å². The van der Waals surface area contributed by atoms with Gasteiger partial charge in [-0.1, -0.05) is 11.6 Å². The lowest BCUT2D eigenvalue weighted by Gasteiger charge is -2.30. The molecule has 0 aliphatic carbocycles. The molecule has 0 bridgehead atoms. The van der Waals surface area contributed by atoms with Gasteiger partial charge in [-0.3, -0.25) is 9.69 Å². The molecular formula is C13H15ClN4O3. The van der Waals surface area contributed by atoms with Crippen LogP contribution in [0.2, 0.25) is 5.15 Å². The van der Waals surface area contributed by atoms with Gasteiger partial charge in [0.2, 0.25) is 0 Å². The molecule has 0 unspecified atom stereocenters. The first-order valence-electron chi connectivity index (χ1n) is 6.72. The van der Waals surface area contributed by atoms with E-state index >= 15 is 0 Å². The first-order valence-corrected chi connectivity index (χ1v) is 7.10. The molecule has 1 spiro atoms. The van der Waals surface area contributed by atoms with E-state index in [1.807, 2.05) is 0 Å². The van der Waals surface area contributed by atoms with Crippen molar-refractivity contribution < 1.29 is 14.3 Å². The Morgan fingerprint density at radius 1 is 1.38 bits per heavy atom. The summed E-state index contributed by atoms with van der Waals surface area (Å²) in [6, 6.07) is 1.21. The number of ether oxygens (including phenoxy) is 1. The molecular weight excluding hydrogens is 296 g/mol. The quantitative estimate of drug-likeness (QED) is 0.651. The van der Waals surface area contributed by atoms with Gasteiger partial charge in [0.1, 0.15) is 16.5 Å². The Balaban J connectivity index is 1.82. The van der Waals surface area contributed by atoms with Crippen LogP contribution in [0.25, 0.3) is 0 Å². The topological polar surface area (TPSA) is 84.4 Å². The lowest BCUT2D eigenvalue weighted by molar-refractivity contribution is -0.135. The predicted octanol–water partition coefficient (Wildman–Crippen LogP) is 1.04. The minimum Gasteiger partial charge on any atom is -0.381 e. The first kappa shape index (κ1) is 14.2. The zero-order valence-corrected chi connectivity index (χ0v) is 12.3. The highest BCUT2D eigenvalue weighted by atomic mass is 35.5. The predicted molar refractivity (Wildman–Crippen MR) is 73.6 cm³/mol. The summed E-state index contributed by atoms with van der Waals surface area (Å²) in [5.74, 6) is 0.115. The van der Waals surface area contributed by atoms with Gasteiger partial charge < -0.3 is 10.1 Å². The Hall–Kier alpha value is -1.73. The van der Waals surface area contributed by atoms with E-state index < -0.39 is 11.6 Å². The molecule has 0 radical (unpaired) electrons. The molecule has 2 aliphatic rings. The number of carbonyl (C=O) groups is 2. The molecule has 3 rings (SSSR count). The van der Waals surface area contributed by atoms with Crippen molar-refractivity contribution in [3.05, 3.63) is 22.7 Å². The Labute approximate surface area is 126 Å². The molecule has 3 heterocycles. The third-order valence-electron chi connectivity index (χ3n) is 3.76. The van der Waals surface area contributed by atoms with E-state index in [1.54, 1.807) is 13.0 Å². The molecule has 112 valence electrons. The largest absolute Gasteiger partial charge is 0.381 e. The fourth-order valence-corrected chi connectivity index (χ4v) is 2.93. The van der Waals surface area contributed by atoms with Crippen LogP contribution in [0.15, 0.2) is 6.07 Å². The summed E-state index contributed by atoms with van der Waals surface area (Å²) < 4.78 is 5.26. The maximum atomic E-state index is 12.6. The fraction of sp³-hybridized carbons (Fsp3) is 0.538. The number of carbonyl (C=O) groups excluding carboxylic acids is 2. The normalized spacial score (nSPS) is 21.0. The number of aromatic nitrogens is 2. The zero-order chi connectivity index (χ0) is 15.0. The number of aryl methyl sites for hydroxylation is 1. The van der Waals surface area contributed by atoms with Crippen molar-refractivity contribution >= 4 is 23.5 Å². The van der Waals surface area contributed by atoms with Crippen LogP contribution < -0.4 is 5.32 Å². The van der Waals surface area contributed by atoms with Crippen LogP contribution in [0, 0.1) is 6.92 Å². The van der Waals surface area contributed by atoms with Crippen LogP contribution >= 0.6 is 11.6 Å². The Morgan fingerprint density at radius 2 is 2.10 bits per heavy atom. The van der Waals surface area contributed by atoms with Gasteiger partial charge in [0.05, 0.1) is 6.54 Å². The summed E-state index contributed by atoms with van der Waals surface area (Å²) >= 11 is 5.88. The average molecular weight is 311 g/mol. The van der Waals surface area contributed by atoms with Crippen LogP contribution in [0.5, 0.6) is 0 Å². The van der Waals surface area contributed by atoms with Gasteiger partial charge in [-0.15, -0.1) is 0 Å². The molecule has 1 aromatic heterocycles. The Bertz CT molecular complexity index is 581. The SMILES string of the molecule is Cc1cc(Cl)nc(CN2C(=O)NC3(CCOCC3)C2=O)n1. The second-order valence-corrected chi connectivity index (χ2v) is 5.65. The average Bonchev–Trinajstić information content (AvgIpc) is 2.63. The Kier molecular flexibility index (Phi) is 3.54. The number of hydrogen-bond donors (Lipinski definition) is 1. The lowest BCUT2D eigenvalue weighted by Crippen LogP contribution is -2.51. The summed E-state index contributed by atoms with van der Waals surface area (Å²) in [6.07, 6.45) is 0.979. The van der Waals surface area contributed by atoms with Gasteiger partial charge in [0.15, 0.2) is 0 Å². The Morgan fingerprint density at radius 3 is 2.76 bits per heavy atom. The van der Waals surface area contributed by atoms with Crippen molar-refractivity contribution in [3.8, 4) is 0 Å². The fourth-order valence-electron chi connectivity index (χ4n) is 2.68.